The summed E-state index contributed by atoms with van der Waals surface area (Å²) in [7, 11) is 1.86. The van der Waals surface area contributed by atoms with Gasteiger partial charge < -0.3 is 10.4 Å². The predicted octanol–water partition coefficient (Wildman–Crippen LogP) is 1.62. The van der Waals surface area contributed by atoms with Crippen molar-refractivity contribution in [3.05, 3.63) is 47.5 Å². The molecule has 0 aromatic carbocycles. The third kappa shape index (κ3) is 3.42. The van der Waals surface area contributed by atoms with E-state index in [0.29, 0.717) is 18.4 Å². The van der Waals surface area contributed by atoms with Crippen molar-refractivity contribution >= 4 is 5.91 Å². The molecule has 0 spiro atoms. The molecule has 3 rings (SSSR count). The lowest BCUT2D eigenvalue weighted by atomic mass is 9.75. The van der Waals surface area contributed by atoms with Crippen molar-refractivity contribution in [1.82, 2.24) is 20.1 Å². The highest BCUT2D eigenvalue weighted by atomic mass is 16.3. The second-order valence-electron chi connectivity index (χ2n) is 6.17. The molecule has 23 heavy (non-hydrogen) atoms. The van der Waals surface area contributed by atoms with Crippen LogP contribution in [0.25, 0.3) is 0 Å². The average molecular weight is 314 g/mol. The van der Waals surface area contributed by atoms with Crippen LogP contribution >= 0.6 is 0 Å². The third-order valence-electron chi connectivity index (χ3n) is 4.43. The van der Waals surface area contributed by atoms with Crippen LogP contribution in [-0.4, -0.2) is 31.9 Å². The summed E-state index contributed by atoms with van der Waals surface area (Å²) in [5.74, 6) is 0.128. The van der Waals surface area contributed by atoms with Gasteiger partial charge in [-0.25, -0.2) is 0 Å². The Morgan fingerprint density at radius 3 is 2.91 bits per heavy atom. The van der Waals surface area contributed by atoms with Gasteiger partial charge in [0.2, 0.25) is 0 Å². The Kier molecular flexibility index (Phi) is 4.43. The van der Waals surface area contributed by atoms with Crippen molar-refractivity contribution in [1.29, 1.82) is 0 Å². The van der Waals surface area contributed by atoms with Crippen molar-refractivity contribution in [2.45, 2.75) is 38.3 Å². The number of aliphatic hydroxyl groups excluding tert-OH is 1. The molecule has 6 nitrogen and oxygen atoms in total. The number of amides is 1. The van der Waals surface area contributed by atoms with Crippen LogP contribution in [0.15, 0.2) is 30.7 Å². The van der Waals surface area contributed by atoms with Crippen LogP contribution in [0.5, 0.6) is 0 Å². The molecule has 0 radical (unpaired) electrons. The van der Waals surface area contributed by atoms with Crippen LogP contribution in [-0.2, 0) is 13.5 Å². The number of aryl methyl sites for hydroxylation is 2. The summed E-state index contributed by atoms with van der Waals surface area (Å²) < 4.78 is 1.73. The Hall–Kier alpha value is -2.21. The second kappa shape index (κ2) is 6.50. The van der Waals surface area contributed by atoms with Gasteiger partial charge in [-0.05, 0) is 37.3 Å². The van der Waals surface area contributed by atoms with Gasteiger partial charge in [-0.2, -0.15) is 5.10 Å². The quantitative estimate of drug-likeness (QED) is 0.879. The zero-order valence-corrected chi connectivity index (χ0v) is 13.4. The normalized spacial score (nSPS) is 21.5. The first-order valence-corrected chi connectivity index (χ1v) is 7.99. The minimum Gasteiger partial charge on any atom is -0.393 e. The molecular weight excluding hydrogens is 292 g/mol. The minimum absolute atomic E-state index is 0.114. The molecule has 0 saturated heterocycles. The fourth-order valence-corrected chi connectivity index (χ4v) is 3.01. The van der Waals surface area contributed by atoms with Gasteiger partial charge in [-0.1, -0.05) is 6.92 Å². The summed E-state index contributed by atoms with van der Waals surface area (Å²) in [6.45, 7) is 2.01. The fraction of sp³-hybridized carbons (Fsp3) is 0.471. The van der Waals surface area contributed by atoms with Gasteiger partial charge in [-0.15, -0.1) is 0 Å². The standard InChI is InChI=1S/C17H22N4O2/c1-3-14-6-11(4-5-18-14)17(23)20-16(12-7-15(22)8-12)13-9-19-21(2)10-13/h4-6,9-10,12,15-16,22H,3,7-8H2,1-2H3,(H,20,23). The molecule has 1 unspecified atom stereocenters. The van der Waals surface area contributed by atoms with E-state index in [1.807, 2.05) is 26.2 Å². The Morgan fingerprint density at radius 1 is 1.52 bits per heavy atom. The van der Waals surface area contributed by atoms with E-state index in [2.05, 4.69) is 15.4 Å². The largest absolute Gasteiger partial charge is 0.393 e. The summed E-state index contributed by atoms with van der Waals surface area (Å²) in [4.78, 5) is 16.8. The number of carbonyl (C=O) groups is 1. The number of nitrogens with one attached hydrogen (secondary N) is 1. The van der Waals surface area contributed by atoms with Crippen LogP contribution in [0.2, 0.25) is 0 Å². The van der Waals surface area contributed by atoms with Gasteiger partial charge in [0, 0.05) is 36.3 Å². The highest BCUT2D eigenvalue weighted by Crippen LogP contribution is 2.38. The molecule has 1 fully saturated rings. The first kappa shape index (κ1) is 15.7. The van der Waals surface area contributed by atoms with Gasteiger partial charge >= 0.3 is 0 Å². The topological polar surface area (TPSA) is 80.0 Å². The number of aromatic nitrogens is 3. The van der Waals surface area contributed by atoms with E-state index in [0.717, 1.165) is 17.7 Å². The summed E-state index contributed by atoms with van der Waals surface area (Å²) in [5, 5.41) is 16.9. The van der Waals surface area contributed by atoms with Crippen molar-refractivity contribution in [2.24, 2.45) is 13.0 Å². The van der Waals surface area contributed by atoms with Crippen molar-refractivity contribution in [3.63, 3.8) is 0 Å². The molecule has 1 aliphatic carbocycles. The average Bonchev–Trinajstić information content (AvgIpc) is 2.96. The molecule has 2 aromatic heterocycles. The van der Waals surface area contributed by atoms with Gasteiger partial charge in [0.1, 0.15) is 0 Å². The number of rotatable bonds is 5. The number of carbonyl (C=O) groups excluding carboxylic acids is 1. The lowest BCUT2D eigenvalue weighted by Gasteiger charge is -2.37. The van der Waals surface area contributed by atoms with Crippen molar-refractivity contribution < 1.29 is 9.90 Å². The zero-order valence-electron chi connectivity index (χ0n) is 13.4. The molecule has 2 aromatic rings. The van der Waals surface area contributed by atoms with Crippen LogP contribution in [0, 0.1) is 5.92 Å². The number of hydrogen-bond donors (Lipinski definition) is 2. The molecule has 1 amide bonds. The number of hydrogen-bond acceptors (Lipinski definition) is 4. The van der Waals surface area contributed by atoms with Crippen LogP contribution in [0.1, 0.15) is 47.4 Å². The van der Waals surface area contributed by atoms with E-state index >= 15 is 0 Å². The van der Waals surface area contributed by atoms with Crippen LogP contribution in [0.3, 0.4) is 0 Å². The molecule has 6 heteroatoms. The first-order chi connectivity index (χ1) is 11.1. The Morgan fingerprint density at radius 2 is 2.30 bits per heavy atom. The van der Waals surface area contributed by atoms with E-state index < -0.39 is 0 Å². The van der Waals surface area contributed by atoms with Crippen molar-refractivity contribution in [3.8, 4) is 0 Å². The maximum Gasteiger partial charge on any atom is 0.251 e. The zero-order chi connectivity index (χ0) is 16.4. The van der Waals surface area contributed by atoms with E-state index in [1.165, 1.54) is 0 Å². The molecule has 1 aliphatic rings. The molecule has 1 saturated carbocycles. The fourth-order valence-electron chi connectivity index (χ4n) is 3.01. The molecule has 122 valence electrons. The van der Waals surface area contributed by atoms with Gasteiger partial charge in [0.15, 0.2) is 0 Å². The molecular formula is C17H22N4O2. The third-order valence-corrected chi connectivity index (χ3v) is 4.43. The van der Waals surface area contributed by atoms with E-state index in [9.17, 15) is 9.90 Å². The lowest BCUT2D eigenvalue weighted by molar-refractivity contribution is 0.0235. The van der Waals surface area contributed by atoms with E-state index in [-0.39, 0.29) is 24.0 Å². The Labute approximate surface area is 135 Å². The van der Waals surface area contributed by atoms with Crippen LogP contribution in [0.4, 0.5) is 0 Å². The smallest absolute Gasteiger partial charge is 0.251 e. The summed E-state index contributed by atoms with van der Waals surface area (Å²) in [6.07, 6.45) is 7.30. The second-order valence-corrected chi connectivity index (χ2v) is 6.17. The van der Waals surface area contributed by atoms with Gasteiger partial charge in [0.25, 0.3) is 5.91 Å². The number of aliphatic hydroxyl groups is 1. The number of pyridine rings is 1. The maximum atomic E-state index is 12.6. The van der Waals surface area contributed by atoms with Gasteiger partial charge in [-0.3, -0.25) is 14.5 Å². The molecule has 0 aliphatic heterocycles. The van der Waals surface area contributed by atoms with E-state index in [4.69, 9.17) is 0 Å². The maximum absolute atomic E-state index is 12.6. The van der Waals surface area contributed by atoms with Gasteiger partial charge in [0.05, 0.1) is 18.3 Å². The molecule has 2 N–H and O–H groups in total. The summed E-state index contributed by atoms with van der Waals surface area (Å²) in [6, 6.07) is 3.42. The summed E-state index contributed by atoms with van der Waals surface area (Å²) in [5.41, 5.74) is 2.49. The monoisotopic (exact) mass is 314 g/mol. The molecule has 1 atom stereocenters. The Balaban J connectivity index is 1.78. The van der Waals surface area contributed by atoms with E-state index in [1.54, 1.807) is 23.1 Å². The highest BCUT2D eigenvalue weighted by molar-refractivity contribution is 5.94. The number of nitrogens with zero attached hydrogens (tertiary/aromatic N) is 3. The highest BCUT2D eigenvalue weighted by Gasteiger charge is 2.36. The SMILES string of the molecule is CCc1cc(C(=O)NC(c2cnn(C)c2)C2CC(O)C2)ccn1. The lowest BCUT2D eigenvalue weighted by Crippen LogP contribution is -2.41. The first-order valence-electron chi connectivity index (χ1n) is 7.99. The van der Waals surface area contributed by atoms with Crippen LogP contribution < -0.4 is 5.32 Å². The minimum atomic E-state index is -0.260. The molecule has 0 bridgehead atoms. The molecule has 2 heterocycles. The predicted molar refractivity (Wildman–Crippen MR) is 85.8 cm³/mol. The Bertz CT molecular complexity index is 691. The van der Waals surface area contributed by atoms with Crippen molar-refractivity contribution in [2.75, 3.05) is 0 Å². The summed E-state index contributed by atoms with van der Waals surface area (Å²) >= 11 is 0.